The summed E-state index contributed by atoms with van der Waals surface area (Å²) in [5.41, 5.74) is 1.93. The molecule has 1 aromatic carbocycles. The Morgan fingerprint density at radius 3 is 2.70 bits per heavy atom. The van der Waals surface area contributed by atoms with E-state index in [1.165, 1.54) is 0 Å². The maximum absolute atomic E-state index is 13.1. The number of benzene rings is 1. The molecule has 0 bridgehead atoms. The molecule has 2 fully saturated rings. The molecule has 0 unspecified atom stereocenters. The molecule has 3 heterocycles. The summed E-state index contributed by atoms with van der Waals surface area (Å²) in [4.78, 5) is 29.2. The molecule has 7 nitrogen and oxygen atoms in total. The summed E-state index contributed by atoms with van der Waals surface area (Å²) < 4.78 is 0. The molecule has 2 aliphatic rings. The van der Waals surface area contributed by atoms with Gasteiger partial charge in [0.05, 0.1) is 22.6 Å². The van der Waals surface area contributed by atoms with E-state index in [0.29, 0.717) is 17.7 Å². The summed E-state index contributed by atoms with van der Waals surface area (Å²) in [6.07, 6.45) is 5.47. The molecule has 3 aromatic rings. The minimum Gasteiger partial charge on any atom is -0.352 e. The number of hydrogen-bond donors (Lipinski definition) is 1. The fourth-order valence-electron chi connectivity index (χ4n) is 4.00. The molecule has 1 aliphatic heterocycles. The van der Waals surface area contributed by atoms with Crippen molar-refractivity contribution in [3.8, 4) is 6.07 Å². The number of rotatable bonds is 2. The van der Waals surface area contributed by atoms with Crippen molar-refractivity contribution in [1.29, 1.82) is 5.26 Å². The second kappa shape index (κ2) is 5.81. The molecule has 1 saturated heterocycles. The second-order valence-corrected chi connectivity index (χ2v) is 7.23. The maximum Gasteiger partial charge on any atom is 0.254 e. The minimum absolute atomic E-state index is 0.0473. The van der Waals surface area contributed by atoms with Gasteiger partial charge in [0.25, 0.3) is 5.91 Å². The van der Waals surface area contributed by atoms with Gasteiger partial charge in [-0.2, -0.15) is 5.26 Å². The number of carbonyl (C=O) groups is 1. The van der Waals surface area contributed by atoms with E-state index in [1.54, 1.807) is 30.6 Å². The zero-order valence-corrected chi connectivity index (χ0v) is 14.7. The summed E-state index contributed by atoms with van der Waals surface area (Å²) in [5.74, 6) is 0.976. The molecule has 1 saturated carbocycles. The van der Waals surface area contributed by atoms with Crippen molar-refractivity contribution in [2.24, 2.45) is 0 Å². The van der Waals surface area contributed by atoms with Crippen LogP contribution in [0.4, 0.5) is 5.82 Å². The second-order valence-electron chi connectivity index (χ2n) is 7.23. The first-order valence-corrected chi connectivity index (χ1v) is 9.05. The van der Waals surface area contributed by atoms with Gasteiger partial charge in [0, 0.05) is 31.4 Å². The molecule has 134 valence electrons. The number of nitrogens with one attached hydrogen (secondary N) is 1. The summed E-state index contributed by atoms with van der Waals surface area (Å²) in [5, 5.41) is 9.96. The van der Waals surface area contributed by atoms with Crippen LogP contribution in [0.3, 0.4) is 0 Å². The third-order valence-electron chi connectivity index (χ3n) is 5.62. The summed E-state index contributed by atoms with van der Waals surface area (Å²) >= 11 is 0. The number of hydrogen-bond acceptors (Lipinski definition) is 5. The topological polar surface area (TPSA) is 88.9 Å². The first-order valence-electron chi connectivity index (χ1n) is 9.05. The highest BCUT2D eigenvalue weighted by Crippen LogP contribution is 2.46. The molecule has 5 rings (SSSR count). The number of piperazine rings is 1. The molecule has 1 N–H and O–H groups in total. The van der Waals surface area contributed by atoms with Crippen LogP contribution in [-0.4, -0.2) is 50.9 Å². The van der Waals surface area contributed by atoms with Gasteiger partial charge in [0.2, 0.25) is 0 Å². The van der Waals surface area contributed by atoms with Crippen LogP contribution in [0.15, 0.2) is 42.9 Å². The van der Waals surface area contributed by atoms with Crippen LogP contribution in [0.25, 0.3) is 11.0 Å². The van der Waals surface area contributed by atoms with Crippen molar-refractivity contribution < 1.29 is 4.79 Å². The molecule has 1 amide bonds. The van der Waals surface area contributed by atoms with Crippen molar-refractivity contribution in [3.05, 3.63) is 54.0 Å². The molecular formula is C20H18N6O. The van der Waals surface area contributed by atoms with Crippen LogP contribution < -0.4 is 4.90 Å². The fourth-order valence-corrected chi connectivity index (χ4v) is 4.00. The lowest BCUT2D eigenvalue weighted by Gasteiger charge is -2.42. The standard InChI is InChI=1S/C20H18N6O/c21-11-14-1-3-15(4-2-14)19(27)26-10-9-25(12-20(26)6-7-20)18-16-5-8-22-17(16)23-13-24-18/h1-5,8,13H,6-7,9-10,12H2,(H,22,23,24). The van der Waals surface area contributed by atoms with E-state index in [9.17, 15) is 4.79 Å². The summed E-state index contributed by atoms with van der Waals surface area (Å²) in [7, 11) is 0. The fraction of sp³-hybridized carbons (Fsp3) is 0.300. The first kappa shape index (κ1) is 15.8. The van der Waals surface area contributed by atoms with E-state index >= 15 is 0 Å². The molecule has 2 aromatic heterocycles. The Bertz CT molecular complexity index is 1060. The van der Waals surface area contributed by atoms with Crippen LogP contribution in [0.1, 0.15) is 28.8 Å². The number of anilines is 1. The number of nitriles is 1. The highest BCUT2D eigenvalue weighted by molar-refractivity contribution is 5.95. The predicted octanol–water partition coefficient (Wildman–Crippen LogP) is 2.32. The SMILES string of the molecule is N#Cc1ccc(C(=O)N2CCN(c3ncnc4[nH]ccc34)CC23CC3)cc1. The van der Waals surface area contributed by atoms with Crippen LogP contribution in [0, 0.1) is 11.3 Å². The van der Waals surface area contributed by atoms with Crippen LogP contribution in [0.2, 0.25) is 0 Å². The van der Waals surface area contributed by atoms with Gasteiger partial charge >= 0.3 is 0 Å². The third-order valence-corrected chi connectivity index (χ3v) is 5.62. The molecule has 0 radical (unpaired) electrons. The first-order chi connectivity index (χ1) is 13.2. The van der Waals surface area contributed by atoms with Gasteiger partial charge in [0.15, 0.2) is 0 Å². The quantitative estimate of drug-likeness (QED) is 0.759. The highest BCUT2D eigenvalue weighted by Gasteiger charge is 2.53. The van der Waals surface area contributed by atoms with Crippen molar-refractivity contribution in [3.63, 3.8) is 0 Å². The molecule has 1 spiro atoms. The maximum atomic E-state index is 13.1. The number of amides is 1. The average molecular weight is 358 g/mol. The molecule has 0 atom stereocenters. The van der Waals surface area contributed by atoms with Crippen molar-refractivity contribution >= 4 is 22.8 Å². The zero-order valence-electron chi connectivity index (χ0n) is 14.7. The smallest absolute Gasteiger partial charge is 0.254 e. The third kappa shape index (κ3) is 2.53. The van der Waals surface area contributed by atoms with Gasteiger partial charge in [-0.3, -0.25) is 4.79 Å². The van der Waals surface area contributed by atoms with Gasteiger partial charge in [-0.15, -0.1) is 0 Å². The molecule has 7 heteroatoms. The lowest BCUT2D eigenvalue weighted by atomic mass is 10.1. The molecule has 27 heavy (non-hydrogen) atoms. The van der Waals surface area contributed by atoms with Crippen molar-refractivity contribution in [2.75, 3.05) is 24.5 Å². The van der Waals surface area contributed by atoms with Crippen LogP contribution >= 0.6 is 0 Å². The summed E-state index contributed by atoms with van der Waals surface area (Å²) in [6, 6.07) is 11.0. The Kier molecular flexibility index (Phi) is 3.41. The number of nitrogens with zero attached hydrogens (tertiary/aromatic N) is 5. The van der Waals surface area contributed by atoms with E-state index in [1.807, 2.05) is 17.2 Å². The Labute approximate surface area is 156 Å². The van der Waals surface area contributed by atoms with Gasteiger partial charge in [-0.1, -0.05) is 0 Å². The van der Waals surface area contributed by atoms with E-state index in [-0.39, 0.29) is 11.4 Å². The van der Waals surface area contributed by atoms with Gasteiger partial charge in [-0.25, -0.2) is 9.97 Å². The van der Waals surface area contributed by atoms with E-state index in [2.05, 4.69) is 25.9 Å². The predicted molar refractivity (Wildman–Crippen MR) is 100 cm³/mol. The minimum atomic E-state index is -0.114. The Morgan fingerprint density at radius 1 is 1.15 bits per heavy atom. The Balaban J connectivity index is 1.40. The molecule has 1 aliphatic carbocycles. The number of aromatic amines is 1. The van der Waals surface area contributed by atoms with Gasteiger partial charge < -0.3 is 14.8 Å². The number of H-pyrrole nitrogens is 1. The number of fused-ring (bicyclic) bond motifs is 1. The average Bonchev–Trinajstić information content (AvgIpc) is 3.29. The number of carbonyl (C=O) groups excluding carboxylic acids is 1. The zero-order chi connectivity index (χ0) is 18.4. The van der Waals surface area contributed by atoms with Crippen LogP contribution in [-0.2, 0) is 0 Å². The largest absolute Gasteiger partial charge is 0.352 e. The molecular weight excluding hydrogens is 340 g/mol. The van der Waals surface area contributed by atoms with Gasteiger partial charge in [-0.05, 0) is 43.2 Å². The lowest BCUT2D eigenvalue weighted by Crippen LogP contribution is -2.57. The normalized spacial score (nSPS) is 17.9. The lowest BCUT2D eigenvalue weighted by molar-refractivity contribution is 0.0624. The summed E-state index contributed by atoms with van der Waals surface area (Å²) in [6.45, 7) is 2.18. The Morgan fingerprint density at radius 2 is 1.96 bits per heavy atom. The monoisotopic (exact) mass is 358 g/mol. The van der Waals surface area contributed by atoms with E-state index in [0.717, 1.165) is 42.8 Å². The van der Waals surface area contributed by atoms with Gasteiger partial charge in [0.1, 0.15) is 17.8 Å². The van der Waals surface area contributed by atoms with Crippen LogP contribution in [0.5, 0.6) is 0 Å². The Hall–Kier alpha value is -3.40. The van der Waals surface area contributed by atoms with Crippen molar-refractivity contribution in [2.45, 2.75) is 18.4 Å². The highest BCUT2D eigenvalue weighted by atomic mass is 16.2. The van der Waals surface area contributed by atoms with Crippen molar-refractivity contribution in [1.82, 2.24) is 19.9 Å². The number of aromatic nitrogens is 3. The van der Waals surface area contributed by atoms with E-state index in [4.69, 9.17) is 5.26 Å². The van der Waals surface area contributed by atoms with E-state index < -0.39 is 0 Å².